The summed E-state index contributed by atoms with van der Waals surface area (Å²) < 4.78 is 11.7. The lowest BCUT2D eigenvalue weighted by molar-refractivity contribution is -0.0648. The minimum Gasteiger partial charge on any atom is -0.396 e. The summed E-state index contributed by atoms with van der Waals surface area (Å²) in [5.74, 6) is 0.260. The number of rotatable bonds is 4. The second-order valence-corrected chi connectivity index (χ2v) is 4.08. The molecule has 0 aromatic carbocycles. The van der Waals surface area contributed by atoms with Crippen LogP contribution < -0.4 is 5.73 Å². The molecule has 2 rings (SSSR count). The third kappa shape index (κ3) is 2.23. The van der Waals surface area contributed by atoms with Crippen molar-refractivity contribution < 1.29 is 19.7 Å². The summed E-state index contributed by atoms with van der Waals surface area (Å²) in [7, 11) is 1.49. The van der Waals surface area contributed by atoms with Gasteiger partial charge in [-0.3, -0.25) is 0 Å². The average molecular weight is 256 g/mol. The molecular weight excluding hydrogens is 240 g/mol. The highest BCUT2D eigenvalue weighted by Gasteiger charge is 2.44. The molecule has 1 aliphatic rings. The van der Waals surface area contributed by atoms with Gasteiger partial charge in [-0.05, 0) is 0 Å². The minimum atomic E-state index is -1.11. The van der Waals surface area contributed by atoms with Crippen molar-refractivity contribution >= 4 is 5.70 Å². The van der Waals surface area contributed by atoms with E-state index in [2.05, 4.69) is 16.7 Å². The van der Waals surface area contributed by atoms with E-state index in [4.69, 9.17) is 15.2 Å². The van der Waals surface area contributed by atoms with Crippen LogP contribution in [-0.4, -0.2) is 57.0 Å². The highest BCUT2D eigenvalue weighted by Crippen LogP contribution is 2.28. The van der Waals surface area contributed by atoms with Crippen molar-refractivity contribution in [1.29, 1.82) is 0 Å². The molecule has 2 heterocycles. The number of ether oxygens (including phenoxy) is 2. The molecule has 1 saturated heterocycles. The summed E-state index contributed by atoms with van der Waals surface area (Å²) in [6.07, 6.45) is -2.21. The Labute approximate surface area is 104 Å². The molecule has 0 saturated carbocycles. The Bertz CT molecular complexity index is 435. The molecule has 1 aromatic heterocycles. The largest absolute Gasteiger partial charge is 0.396 e. The van der Waals surface area contributed by atoms with E-state index in [1.807, 2.05) is 0 Å². The molecule has 8 heteroatoms. The summed E-state index contributed by atoms with van der Waals surface area (Å²) in [5, 5.41) is 23.7. The summed E-state index contributed by atoms with van der Waals surface area (Å²) >= 11 is 0. The molecule has 1 aromatic rings. The normalized spacial score (nSPS) is 31.7. The zero-order chi connectivity index (χ0) is 13.3. The fourth-order valence-electron chi connectivity index (χ4n) is 1.79. The van der Waals surface area contributed by atoms with Gasteiger partial charge in [0.25, 0.3) is 0 Å². The fraction of sp³-hybridized carbons (Fsp3) is 0.600. The van der Waals surface area contributed by atoms with Crippen molar-refractivity contribution in [3.63, 3.8) is 0 Å². The molecule has 100 valence electrons. The molecule has 1 aliphatic heterocycles. The van der Waals surface area contributed by atoms with Gasteiger partial charge >= 0.3 is 0 Å². The first kappa shape index (κ1) is 13.0. The van der Waals surface area contributed by atoms with E-state index in [0.29, 0.717) is 0 Å². The number of nitrogens with two attached hydrogens (primary N) is 1. The number of nitrogens with zero attached hydrogens (tertiary/aromatic N) is 3. The molecule has 8 nitrogen and oxygen atoms in total. The molecule has 0 radical (unpaired) electrons. The van der Waals surface area contributed by atoms with Gasteiger partial charge < -0.3 is 25.4 Å². The SMILES string of the molecule is C=C(N)c1ncn([C@H]2O[C@@H](COC)[C@H](O)[C@@H]2O)n1. The smallest absolute Gasteiger partial charge is 0.196 e. The van der Waals surface area contributed by atoms with E-state index in [0.717, 1.165) is 0 Å². The lowest BCUT2D eigenvalue weighted by Crippen LogP contribution is -2.33. The number of aliphatic hydroxyl groups excluding tert-OH is 2. The predicted molar refractivity (Wildman–Crippen MR) is 61.0 cm³/mol. The Morgan fingerprint density at radius 2 is 2.33 bits per heavy atom. The fourth-order valence-corrected chi connectivity index (χ4v) is 1.79. The zero-order valence-corrected chi connectivity index (χ0v) is 9.93. The molecule has 0 spiro atoms. The second kappa shape index (κ2) is 5.02. The third-order valence-electron chi connectivity index (χ3n) is 2.72. The Hall–Kier alpha value is -1.48. The molecule has 1 fully saturated rings. The van der Waals surface area contributed by atoms with E-state index in [1.54, 1.807) is 0 Å². The van der Waals surface area contributed by atoms with Gasteiger partial charge in [-0.15, -0.1) is 5.10 Å². The monoisotopic (exact) mass is 256 g/mol. The summed E-state index contributed by atoms with van der Waals surface area (Å²) in [6, 6.07) is 0. The van der Waals surface area contributed by atoms with Crippen molar-refractivity contribution in [2.45, 2.75) is 24.5 Å². The van der Waals surface area contributed by atoms with Gasteiger partial charge in [-0.25, -0.2) is 9.67 Å². The Morgan fingerprint density at radius 1 is 1.61 bits per heavy atom. The van der Waals surface area contributed by atoms with Crippen LogP contribution in [0.4, 0.5) is 0 Å². The van der Waals surface area contributed by atoms with Crippen LogP contribution in [0.2, 0.25) is 0 Å². The summed E-state index contributed by atoms with van der Waals surface area (Å²) in [5.41, 5.74) is 5.67. The lowest BCUT2D eigenvalue weighted by Gasteiger charge is -2.13. The summed E-state index contributed by atoms with van der Waals surface area (Å²) in [6.45, 7) is 3.69. The van der Waals surface area contributed by atoms with E-state index in [-0.39, 0.29) is 18.1 Å². The van der Waals surface area contributed by atoms with Gasteiger partial charge in [0.1, 0.15) is 24.6 Å². The molecule has 0 bridgehead atoms. The van der Waals surface area contributed by atoms with Crippen LogP contribution in [0.5, 0.6) is 0 Å². The Kier molecular flexibility index (Phi) is 3.62. The minimum absolute atomic E-state index is 0.180. The van der Waals surface area contributed by atoms with Crippen molar-refractivity contribution in [2.75, 3.05) is 13.7 Å². The number of methoxy groups -OCH3 is 1. The molecule has 0 amide bonds. The van der Waals surface area contributed by atoms with E-state index in [9.17, 15) is 10.2 Å². The number of aliphatic hydroxyl groups is 2. The molecule has 4 N–H and O–H groups in total. The van der Waals surface area contributed by atoms with Crippen LogP contribution in [0.15, 0.2) is 12.9 Å². The van der Waals surface area contributed by atoms with Crippen molar-refractivity contribution in [1.82, 2.24) is 14.8 Å². The molecule has 4 atom stereocenters. The first-order valence-corrected chi connectivity index (χ1v) is 5.41. The van der Waals surface area contributed by atoms with Crippen LogP contribution in [0.1, 0.15) is 12.1 Å². The first-order valence-electron chi connectivity index (χ1n) is 5.41. The van der Waals surface area contributed by atoms with Gasteiger partial charge in [-0.2, -0.15) is 0 Å². The van der Waals surface area contributed by atoms with Gasteiger partial charge in [0.05, 0.1) is 12.3 Å². The highest BCUT2D eigenvalue weighted by molar-refractivity contribution is 5.51. The van der Waals surface area contributed by atoms with Gasteiger partial charge in [-0.1, -0.05) is 6.58 Å². The second-order valence-electron chi connectivity index (χ2n) is 4.08. The summed E-state index contributed by atoms with van der Waals surface area (Å²) in [4.78, 5) is 3.91. The van der Waals surface area contributed by atoms with E-state index in [1.165, 1.54) is 18.1 Å². The van der Waals surface area contributed by atoms with Crippen molar-refractivity contribution in [2.24, 2.45) is 5.73 Å². The topological polar surface area (TPSA) is 116 Å². The molecule has 18 heavy (non-hydrogen) atoms. The van der Waals surface area contributed by atoms with Gasteiger partial charge in [0.15, 0.2) is 12.1 Å². The van der Waals surface area contributed by atoms with Crippen molar-refractivity contribution in [3.05, 3.63) is 18.7 Å². The number of hydrogen-bond donors (Lipinski definition) is 3. The van der Waals surface area contributed by atoms with Gasteiger partial charge in [0, 0.05) is 7.11 Å². The average Bonchev–Trinajstić information content (AvgIpc) is 2.90. The molecule has 0 aliphatic carbocycles. The third-order valence-corrected chi connectivity index (χ3v) is 2.72. The standard InChI is InChI=1S/C10H16N4O4/c1-5(11)9-12-4-14(13-9)10-8(16)7(15)6(18-10)3-17-2/h4,6-8,10,15-16H,1,3,11H2,2H3/t6-,7-,8-,10-/m0/s1. The van der Waals surface area contributed by atoms with Crippen molar-refractivity contribution in [3.8, 4) is 0 Å². The highest BCUT2D eigenvalue weighted by atomic mass is 16.6. The zero-order valence-electron chi connectivity index (χ0n) is 9.93. The molecular formula is C10H16N4O4. The number of aromatic nitrogens is 3. The van der Waals surface area contributed by atoms with Crippen LogP contribution >= 0.6 is 0 Å². The van der Waals surface area contributed by atoms with Crippen LogP contribution in [0.3, 0.4) is 0 Å². The van der Waals surface area contributed by atoms with E-state index < -0.39 is 24.5 Å². The maximum atomic E-state index is 9.88. The lowest BCUT2D eigenvalue weighted by atomic mass is 10.1. The molecule has 0 unspecified atom stereocenters. The number of hydrogen-bond acceptors (Lipinski definition) is 7. The van der Waals surface area contributed by atoms with Crippen LogP contribution in [0.25, 0.3) is 5.70 Å². The van der Waals surface area contributed by atoms with E-state index >= 15 is 0 Å². The maximum Gasteiger partial charge on any atom is 0.196 e. The quantitative estimate of drug-likeness (QED) is 0.598. The van der Waals surface area contributed by atoms with Crippen LogP contribution in [0, 0.1) is 0 Å². The maximum absolute atomic E-state index is 9.88. The van der Waals surface area contributed by atoms with Gasteiger partial charge in [0.2, 0.25) is 0 Å². The first-order chi connectivity index (χ1) is 8.54. The predicted octanol–water partition coefficient (Wildman–Crippen LogP) is -1.53. The Balaban J connectivity index is 2.15. The van der Waals surface area contributed by atoms with Crippen LogP contribution in [-0.2, 0) is 9.47 Å². The Morgan fingerprint density at radius 3 is 2.89 bits per heavy atom.